The van der Waals surface area contributed by atoms with Gasteiger partial charge in [0.2, 0.25) is 0 Å². The quantitative estimate of drug-likeness (QED) is 0.156. The molecule has 0 fully saturated rings. The van der Waals surface area contributed by atoms with Crippen LogP contribution in [-0.2, 0) is 11.2 Å². The van der Waals surface area contributed by atoms with E-state index in [0.29, 0.717) is 17.9 Å². The number of aromatic nitrogens is 5. The molecule has 14 heteroatoms. The molecule has 0 spiro atoms. The van der Waals surface area contributed by atoms with Gasteiger partial charge >= 0.3 is 5.69 Å². The molecular formula is C27H29F2N7O5. The average Bonchev–Trinajstić information content (AvgIpc) is 3.33. The molecule has 0 bridgehead atoms. The minimum absolute atomic E-state index is 0.0831. The number of aromatic amines is 1. The van der Waals surface area contributed by atoms with Crippen LogP contribution in [0.2, 0.25) is 0 Å². The molecule has 0 aliphatic heterocycles. The van der Waals surface area contributed by atoms with Gasteiger partial charge in [0.15, 0.2) is 17.4 Å². The largest absolute Gasteiger partial charge is 0.494 e. The number of nitrogens with one attached hydrogen (secondary N) is 2. The van der Waals surface area contributed by atoms with Crippen molar-refractivity contribution in [3.8, 4) is 17.3 Å². The first-order valence-electron chi connectivity index (χ1n) is 12.4. The lowest BCUT2D eigenvalue weighted by molar-refractivity contribution is -0.134. The highest BCUT2D eigenvalue weighted by atomic mass is 19.1. The summed E-state index contributed by atoms with van der Waals surface area (Å²) in [6.07, 6.45) is 1.67. The zero-order valence-corrected chi connectivity index (χ0v) is 22.3. The van der Waals surface area contributed by atoms with E-state index in [0.717, 1.165) is 17.2 Å². The third-order valence-corrected chi connectivity index (χ3v) is 5.51. The molecule has 5 N–H and O–H groups in total. The molecule has 2 heterocycles. The van der Waals surface area contributed by atoms with Crippen molar-refractivity contribution in [3.63, 3.8) is 0 Å². The Bertz CT molecular complexity index is 1520. The molecule has 0 aliphatic rings. The second-order valence-corrected chi connectivity index (χ2v) is 8.49. The Morgan fingerprint density at radius 3 is 2.51 bits per heavy atom. The van der Waals surface area contributed by atoms with Crippen molar-refractivity contribution >= 4 is 11.8 Å². The first kappa shape index (κ1) is 30.4. The van der Waals surface area contributed by atoms with Gasteiger partial charge in [0, 0.05) is 30.3 Å². The van der Waals surface area contributed by atoms with Crippen LogP contribution in [0.1, 0.15) is 42.3 Å². The number of benzene rings is 2. The summed E-state index contributed by atoms with van der Waals surface area (Å²) in [6.45, 7) is 2.04. The third-order valence-electron chi connectivity index (χ3n) is 5.51. The van der Waals surface area contributed by atoms with E-state index in [1.165, 1.54) is 18.3 Å². The van der Waals surface area contributed by atoms with E-state index in [1.54, 1.807) is 43.3 Å². The number of nitrogens with two attached hydrogens (primary N) is 1. The first-order valence-corrected chi connectivity index (χ1v) is 12.4. The zero-order valence-electron chi connectivity index (χ0n) is 22.3. The van der Waals surface area contributed by atoms with Crippen molar-refractivity contribution in [3.05, 3.63) is 93.5 Å². The zero-order chi connectivity index (χ0) is 29.9. The van der Waals surface area contributed by atoms with E-state index in [1.807, 2.05) is 0 Å². The summed E-state index contributed by atoms with van der Waals surface area (Å²) in [7, 11) is 0. The summed E-state index contributed by atoms with van der Waals surface area (Å²) in [5, 5.41) is 27.1. The molecule has 41 heavy (non-hydrogen) atoms. The third kappa shape index (κ3) is 8.17. The Morgan fingerprint density at radius 2 is 1.93 bits per heavy atom. The standard InChI is InChI=1S/C25H25F2N7O3.C2H4O2/c1-2-36-17-13-18(22(27)20(14-17)37-11-9-26)19(12-15-5-7-16(8-6-15)23(28)29)24-31-25(35)34(33-24)21-4-3-10-30-32-21;1-2(3)4/h3-8,10,13-14,19H,2,9,11-12H2,1H3,(H3,28,29)(H,31,33,35);1H3,(H,3,4). The summed E-state index contributed by atoms with van der Waals surface area (Å²) < 4.78 is 40.5. The monoisotopic (exact) mass is 569 g/mol. The molecule has 12 nitrogen and oxygen atoms in total. The fourth-order valence-corrected chi connectivity index (χ4v) is 3.82. The van der Waals surface area contributed by atoms with Crippen LogP contribution in [0.15, 0.2) is 59.5 Å². The number of carbonyl (C=O) groups is 1. The van der Waals surface area contributed by atoms with E-state index < -0.39 is 30.1 Å². The average molecular weight is 570 g/mol. The Kier molecular flexibility index (Phi) is 10.6. The summed E-state index contributed by atoms with van der Waals surface area (Å²) in [5.74, 6) is -1.95. The molecule has 0 radical (unpaired) electrons. The van der Waals surface area contributed by atoms with Gasteiger partial charge in [-0.15, -0.1) is 10.2 Å². The second kappa shape index (κ2) is 14.3. The number of rotatable bonds is 11. The lowest BCUT2D eigenvalue weighted by atomic mass is 9.90. The van der Waals surface area contributed by atoms with Crippen molar-refractivity contribution in [2.24, 2.45) is 5.73 Å². The number of carboxylic acid groups (broad SMARTS) is 1. The lowest BCUT2D eigenvalue weighted by Gasteiger charge is -2.19. The van der Waals surface area contributed by atoms with Gasteiger partial charge < -0.3 is 20.3 Å². The van der Waals surface area contributed by atoms with Crippen LogP contribution in [0.25, 0.3) is 5.82 Å². The van der Waals surface area contributed by atoms with Gasteiger partial charge in [0.1, 0.15) is 30.7 Å². The highest BCUT2D eigenvalue weighted by molar-refractivity contribution is 5.94. The van der Waals surface area contributed by atoms with Gasteiger partial charge in [-0.25, -0.2) is 13.6 Å². The fourth-order valence-electron chi connectivity index (χ4n) is 3.82. The molecule has 0 saturated carbocycles. The number of halogens is 2. The Morgan fingerprint density at radius 1 is 1.22 bits per heavy atom. The molecular weight excluding hydrogens is 540 g/mol. The minimum Gasteiger partial charge on any atom is -0.494 e. The van der Waals surface area contributed by atoms with Crippen molar-refractivity contribution in [2.45, 2.75) is 26.2 Å². The van der Waals surface area contributed by atoms with Crippen LogP contribution in [0.5, 0.6) is 11.5 Å². The molecule has 4 aromatic rings. The maximum atomic E-state index is 15.8. The van der Waals surface area contributed by atoms with Crippen LogP contribution in [0, 0.1) is 11.2 Å². The second-order valence-electron chi connectivity index (χ2n) is 8.49. The molecule has 2 aromatic carbocycles. The molecule has 0 aliphatic carbocycles. The predicted molar refractivity (Wildman–Crippen MR) is 145 cm³/mol. The van der Waals surface area contributed by atoms with Crippen molar-refractivity contribution in [2.75, 3.05) is 19.9 Å². The van der Waals surface area contributed by atoms with Gasteiger partial charge in [-0.3, -0.25) is 15.2 Å². The summed E-state index contributed by atoms with van der Waals surface area (Å²) >= 11 is 0. The maximum absolute atomic E-state index is 15.8. The number of hydrogen-bond donors (Lipinski definition) is 4. The van der Waals surface area contributed by atoms with Gasteiger partial charge in [-0.05, 0) is 37.1 Å². The topological polar surface area (TPSA) is 182 Å². The SMILES string of the molecule is CC(=O)O.CCOc1cc(OCCF)c(F)c(C(Cc2ccc(C(=N)N)cc2)c2nn(-c3cccnn3)c(=O)[nH]2)c1. The van der Waals surface area contributed by atoms with E-state index in [9.17, 15) is 9.18 Å². The Labute approximate surface area is 233 Å². The van der Waals surface area contributed by atoms with Gasteiger partial charge in [0.25, 0.3) is 5.97 Å². The Hall–Kier alpha value is -5.14. The number of nitrogens with zero attached hydrogens (tertiary/aromatic N) is 4. The number of amidine groups is 1. The van der Waals surface area contributed by atoms with Crippen LogP contribution in [0.4, 0.5) is 8.78 Å². The minimum atomic E-state index is -0.833. The smallest absolute Gasteiger partial charge is 0.349 e. The lowest BCUT2D eigenvalue weighted by Crippen LogP contribution is -2.17. The predicted octanol–water partition coefficient (Wildman–Crippen LogP) is 2.99. The molecule has 1 unspecified atom stereocenters. The Balaban J connectivity index is 0.00000108. The molecule has 0 saturated heterocycles. The van der Waals surface area contributed by atoms with E-state index in [4.69, 9.17) is 30.5 Å². The van der Waals surface area contributed by atoms with Crippen molar-refractivity contribution < 1.29 is 28.2 Å². The number of aliphatic carboxylic acids is 1. The summed E-state index contributed by atoms with van der Waals surface area (Å²) in [5.41, 5.74) is 6.41. The van der Waals surface area contributed by atoms with Crippen LogP contribution >= 0.6 is 0 Å². The van der Waals surface area contributed by atoms with Gasteiger partial charge in [0.05, 0.1) is 12.5 Å². The van der Waals surface area contributed by atoms with E-state index in [-0.39, 0.29) is 41.8 Å². The van der Waals surface area contributed by atoms with Crippen LogP contribution in [-0.4, -0.2) is 61.8 Å². The molecule has 4 rings (SSSR count). The molecule has 0 amide bonds. The number of nitrogen functional groups attached to an aromatic ring is 1. The number of alkyl halides is 1. The summed E-state index contributed by atoms with van der Waals surface area (Å²) in [6, 6.07) is 12.9. The van der Waals surface area contributed by atoms with Crippen LogP contribution in [0.3, 0.4) is 0 Å². The molecule has 2 aromatic heterocycles. The number of H-pyrrole nitrogens is 1. The maximum Gasteiger partial charge on any atom is 0.349 e. The highest BCUT2D eigenvalue weighted by Crippen LogP contribution is 2.36. The fraction of sp³-hybridized carbons (Fsp3) is 0.259. The number of hydrogen-bond acceptors (Lipinski definition) is 8. The number of ether oxygens (including phenoxy) is 2. The van der Waals surface area contributed by atoms with E-state index in [2.05, 4.69) is 20.3 Å². The molecule has 216 valence electrons. The van der Waals surface area contributed by atoms with Crippen LogP contribution < -0.4 is 20.9 Å². The highest BCUT2D eigenvalue weighted by Gasteiger charge is 2.27. The van der Waals surface area contributed by atoms with Crippen molar-refractivity contribution in [1.29, 1.82) is 5.41 Å². The summed E-state index contributed by atoms with van der Waals surface area (Å²) in [4.78, 5) is 24.5. The molecule has 1 atom stereocenters. The normalized spacial score (nSPS) is 11.2. The number of carboxylic acids is 1. The van der Waals surface area contributed by atoms with Crippen molar-refractivity contribution in [1.82, 2.24) is 25.0 Å². The van der Waals surface area contributed by atoms with Gasteiger partial charge in [-0.2, -0.15) is 9.78 Å². The first-order chi connectivity index (χ1) is 19.6. The van der Waals surface area contributed by atoms with E-state index >= 15 is 4.39 Å². The van der Waals surface area contributed by atoms with Gasteiger partial charge in [-0.1, -0.05) is 24.3 Å².